The SMILES string of the molecule is Nc1ccc2ccncc2c1.O=[N+]([O-])c1ccc2c(c1)CNCC2.O=[N+]([O-])c1ccc2ccncc2c1.c1ccc2c(c1)CCNC2. The van der Waals surface area contributed by atoms with Gasteiger partial charge >= 0.3 is 0 Å². The topological polar surface area (TPSA) is 162 Å². The Morgan fingerprint density at radius 1 is 0.574 bits per heavy atom. The number of aromatic nitrogens is 2. The van der Waals surface area contributed by atoms with Gasteiger partial charge in [0.15, 0.2) is 0 Å². The molecule has 2 aliphatic heterocycles. The first-order chi connectivity index (χ1) is 22.9. The van der Waals surface area contributed by atoms with E-state index in [0.29, 0.717) is 0 Å². The Balaban J connectivity index is 0.000000124. The molecule has 0 saturated heterocycles. The lowest BCUT2D eigenvalue weighted by atomic mass is 10.0. The molecular weight excluding hydrogens is 594 g/mol. The maximum Gasteiger partial charge on any atom is 0.270 e. The standard InChI is InChI=1S/C9H10N2O2.C9H6N2O2.C9H8N2.C9H11N/c2*12-11(13)9-2-1-7-3-4-10-6-8(7)5-9;10-9-2-1-7-3-4-11-6-8(7)5-9;1-2-4-9-7-10-6-5-8(9)3-1/h1-2,5,10H,3-4,6H2;1-6H;1-6H,10H2;1-4,10H,5-7H2. The van der Waals surface area contributed by atoms with E-state index in [2.05, 4.69) is 44.9 Å². The van der Waals surface area contributed by atoms with E-state index in [0.717, 1.165) is 60.0 Å². The predicted octanol–water partition coefficient (Wildman–Crippen LogP) is 6.53. The van der Waals surface area contributed by atoms with Gasteiger partial charge in [-0.05, 0) is 89.3 Å². The summed E-state index contributed by atoms with van der Waals surface area (Å²) in [6.45, 7) is 3.90. The molecule has 0 aliphatic carbocycles. The molecule has 0 unspecified atom stereocenters. The second-order valence-corrected chi connectivity index (χ2v) is 11.0. The van der Waals surface area contributed by atoms with Gasteiger partial charge in [0.05, 0.1) is 9.85 Å². The van der Waals surface area contributed by atoms with Gasteiger partial charge < -0.3 is 16.4 Å². The van der Waals surface area contributed by atoms with Crippen molar-refractivity contribution >= 4 is 38.6 Å². The summed E-state index contributed by atoms with van der Waals surface area (Å²) in [5.74, 6) is 0. The van der Waals surface area contributed by atoms with Crippen LogP contribution in [0, 0.1) is 20.2 Å². The Morgan fingerprint density at radius 2 is 1.11 bits per heavy atom. The molecule has 0 spiro atoms. The minimum Gasteiger partial charge on any atom is -0.399 e. The summed E-state index contributed by atoms with van der Waals surface area (Å²) in [5.41, 5.74) is 11.9. The van der Waals surface area contributed by atoms with Crippen molar-refractivity contribution in [3.63, 3.8) is 0 Å². The second-order valence-electron chi connectivity index (χ2n) is 11.0. The van der Waals surface area contributed by atoms with Crippen LogP contribution in [-0.4, -0.2) is 32.9 Å². The molecule has 0 saturated carbocycles. The average Bonchev–Trinajstić information content (AvgIpc) is 3.12. The van der Waals surface area contributed by atoms with Gasteiger partial charge in [-0.3, -0.25) is 30.2 Å². The lowest BCUT2D eigenvalue weighted by Crippen LogP contribution is -2.23. The Labute approximate surface area is 271 Å². The summed E-state index contributed by atoms with van der Waals surface area (Å²) in [7, 11) is 0. The summed E-state index contributed by atoms with van der Waals surface area (Å²) in [6, 6.07) is 28.0. The highest BCUT2D eigenvalue weighted by molar-refractivity contribution is 5.84. The van der Waals surface area contributed by atoms with Crippen LogP contribution < -0.4 is 16.4 Å². The zero-order valence-corrected chi connectivity index (χ0v) is 25.7. The molecule has 0 fully saturated rings. The van der Waals surface area contributed by atoms with Crippen LogP contribution in [0.1, 0.15) is 22.3 Å². The van der Waals surface area contributed by atoms with Crippen molar-refractivity contribution in [2.45, 2.75) is 25.9 Å². The molecule has 11 heteroatoms. The van der Waals surface area contributed by atoms with Crippen molar-refractivity contribution in [2.75, 3.05) is 18.8 Å². The minimum absolute atomic E-state index is 0.0977. The van der Waals surface area contributed by atoms with Gasteiger partial charge in [0.2, 0.25) is 0 Å². The number of nitro groups is 2. The first-order valence-electron chi connectivity index (χ1n) is 15.2. The fraction of sp³-hybridized carbons (Fsp3) is 0.167. The Hall–Kier alpha value is -5.78. The smallest absolute Gasteiger partial charge is 0.270 e. The van der Waals surface area contributed by atoms with Crippen molar-refractivity contribution in [2.24, 2.45) is 0 Å². The number of nitrogens with zero attached hydrogens (tertiary/aromatic N) is 4. The van der Waals surface area contributed by atoms with E-state index in [1.54, 1.807) is 36.8 Å². The molecule has 0 radical (unpaired) electrons. The third kappa shape index (κ3) is 9.13. The van der Waals surface area contributed by atoms with Crippen molar-refractivity contribution in [1.82, 2.24) is 20.6 Å². The monoisotopic (exact) mass is 629 g/mol. The van der Waals surface area contributed by atoms with Crippen LogP contribution in [0.5, 0.6) is 0 Å². The molecule has 11 nitrogen and oxygen atoms in total. The van der Waals surface area contributed by atoms with E-state index < -0.39 is 4.92 Å². The normalized spacial score (nSPS) is 12.9. The lowest BCUT2D eigenvalue weighted by Gasteiger charge is -2.15. The maximum absolute atomic E-state index is 10.5. The van der Waals surface area contributed by atoms with E-state index in [-0.39, 0.29) is 16.3 Å². The van der Waals surface area contributed by atoms with Crippen LogP contribution in [0.15, 0.2) is 116 Å². The first-order valence-corrected chi connectivity index (χ1v) is 15.2. The van der Waals surface area contributed by atoms with Crippen LogP contribution in [0.25, 0.3) is 21.5 Å². The van der Waals surface area contributed by atoms with Crippen LogP contribution in [0.2, 0.25) is 0 Å². The zero-order valence-electron chi connectivity index (χ0n) is 25.7. The summed E-state index contributed by atoms with van der Waals surface area (Å²) in [5, 5.41) is 31.4. The number of nitrogens with one attached hydrogen (secondary N) is 2. The molecule has 4 N–H and O–H groups in total. The van der Waals surface area contributed by atoms with Crippen molar-refractivity contribution in [3.8, 4) is 0 Å². The van der Waals surface area contributed by atoms with Gasteiger partial charge in [-0.2, -0.15) is 0 Å². The molecule has 4 aromatic carbocycles. The average molecular weight is 630 g/mol. The van der Waals surface area contributed by atoms with E-state index in [9.17, 15) is 20.2 Å². The number of nitrogen functional groups attached to an aromatic ring is 1. The molecule has 8 rings (SSSR count). The number of benzene rings is 4. The van der Waals surface area contributed by atoms with Crippen molar-refractivity contribution < 1.29 is 9.85 Å². The van der Waals surface area contributed by atoms with Gasteiger partial charge in [-0.1, -0.05) is 36.4 Å². The molecular formula is C36H35N7O4. The molecule has 0 amide bonds. The molecule has 47 heavy (non-hydrogen) atoms. The molecule has 0 bridgehead atoms. The van der Waals surface area contributed by atoms with Gasteiger partial charge in [-0.25, -0.2) is 0 Å². The molecule has 0 atom stereocenters. The number of non-ortho nitro benzene ring substituents is 2. The van der Waals surface area contributed by atoms with Gasteiger partial charge in [-0.15, -0.1) is 0 Å². The van der Waals surface area contributed by atoms with E-state index in [1.165, 1.54) is 40.6 Å². The highest BCUT2D eigenvalue weighted by Crippen LogP contribution is 2.21. The summed E-state index contributed by atoms with van der Waals surface area (Å²) < 4.78 is 0. The highest BCUT2D eigenvalue weighted by Gasteiger charge is 2.13. The summed E-state index contributed by atoms with van der Waals surface area (Å²) in [6.07, 6.45) is 9.02. The predicted molar refractivity (Wildman–Crippen MR) is 185 cm³/mol. The molecule has 2 aromatic heterocycles. The van der Waals surface area contributed by atoms with Gasteiger partial charge in [0.25, 0.3) is 11.4 Å². The second kappa shape index (κ2) is 16.0. The number of pyridine rings is 2. The third-order valence-corrected chi connectivity index (χ3v) is 7.79. The highest BCUT2D eigenvalue weighted by atomic mass is 16.6. The Morgan fingerprint density at radius 3 is 1.74 bits per heavy atom. The van der Waals surface area contributed by atoms with Crippen LogP contribution in [-0.2, 0) is 25.9 Å². The number of rotatable bonds is 2. The Kier molecular flexibility index (Phi) is 11.1. The number of hydrogen-bond acceptors (Lipinski definition) is 9. The van der Waals surface area contributed by atoms with E-state index in [4.69, 9.17) is 5.73 Å². The first kappa shape index (κ1) is 32.6. The number of hydrogen-bond donors (Lipinski definition) is 3. The van der Waals surface area contributed by atoms with E-state index in [1.807, 2.05) is 42.6 Å². The van der Waals surface area contributed by atoms with E-state index >= 15 is 0 Å². The van der Waals surface area contributed by atoms with Crippen molar-refractivity contribution in [1.29, 1.82) is 0 Å². The summed E-state index contributed by atoms with van der Waals surface area (Å²) in [4.78, 5) is 28.0. The van der Waals surface area contributed by atoms with Gasteiger partial charge in [0.1, 0.15) is 0 Å². The van der Waals surface area contributed by atoms with Crippen LogP contribution in [0.4, 0.5) is 17.1 Å². The number of nitrogens with two attached hydrogens (primary N) is 1. The lowest BCUT2D eigenvalue weighted by molar-refractivity contribution is -0.385. The number of fused-ring (bicyclic) bond motifs is 4. The number of anilines is 1. The minimum atomic E-state index is -0.410. The fourth-order valence-electron chi connectivity index (χ4n) is 5.29. The number of nitro benzene ring substituents is 2. The molecule has 6 aromatic rings. The molecule has 2 aliphatic rings. The maximum atomic E-state index is 10.5. The molecule has 4 heterocycles. The largest absolute Gasteiger partial charge is 0.399 e. The Bertz CT molecular complexity index is 1980. The zero-order chi connectivity index (χ0) is 33.0. The quantitative estimate of drug-likeness (QED) is 0.110. The van der Waals surface area contributed by atoms with Gasteiger partial charge in [0, 0.05) is 78.6 Å². The molecule has 238 valence electrons. The van der Waals surface area contributed by atoms with Crippen molar-refractivity contribution in [3.05, 3.63) is 158 Å². The summed E-state index contributed by atoms with van der Waals surface area (Å²) >= 11 is 0. The fourth-order valence-corrected chi connectivity index (χ4v) is 5.29. The van der Waals surface area contributed by atoms with Crippen LogP contribution >= 0.6 is 0 Å². The van der Waals surface area contributed by atoms with Crippen LogP contribution in [0.3, 0.4) is 0 Å². The third-order valence-electron chi connectivity index (χ3n) is 7.79.